The quantitative estimate of drug-likeness (QED) is 0.439. The summed E-state index contributed by atoms with van der Waals surface area (Å²) in [5.41, 5.74) is 5.13. The van der Waals surface area contributed by atoms with Crippen LogP contribution in [0.2, 0.25) is 10.0 Å². The number of fused-ring (bicyclic) bond motifs is 3. The predicted octanol–water partition coefficient (Wildman–Crippen LogP) is 5.27. The topological polar surface area (TPSA) is 71.3 Å². The second-order valence-corrected chi connectivity index (χ2v) is 9.05. The van der Waals surface area contributed by atoms with E-state index in [0.717, 1.165) is 23.2 Å². The molecule has 0 unspecified atom stereocenters. The Morgan fingerprint density at radius 2 is 1.76 bits per heavy atom. The molecule has 0 spiro atoms. The lowest BCUT2D eigenvalue weighted by Crippen LogP contribution is -2.28. The molecular weight excluding hydrogens is 411 g/mol. The maximum atomic E-state index is 13.0. The fourth-order valence-corrected chi connectivity index (χ4v) is 4.67. The number of benzene rings is 2. The summed E-state index contributed by atoms with van der Waals surface area (Å²) >= 11 is 13.1. The predicted molar refractivity (Wildman–Crippen MR) is 113 cm³/mol. The fraction of sp³-hybridized carbons (Fsp3) is 0.273. The first-order chi connectivity index (χ1) is 13.7. The zero-order valence-electron chi connectivity index (χ0n) is 16.1. The molecule has 1 aliphatic carbocycles. The molecule has 0 fully saturated rings. The molecule has 0 bridgehead atoms. The van der Waals surface area contributed by atoms with Crippen molar-refractivity contribution < 1.29 is 14.8 Å². The van der Waals surface area contributed by atoms with Gasteiger partial charge in [-0.2, -0.15) is 0 Å². The first-order valence-electron chi connectivity index (χ1n) is 9.27. The Morgan fingerprint density at radius 3 is 2.41 bits per heavy atom. The normalized spacial score (nSPS) is 15.4. The number of hydrogen-bond donors (Lipinski definition) is 2. The van der Waals surface area contributed by atoms with E-state index in [4.69, 9.17) is 28.4 Å². The lowest BCUT2D eigenvalue weighted by atomic mass is 9.75. The standard InChI is InChI=1S/C22H20Cl2N2O3/c1-22(2)9-16-19(17(27)10-22)18-14(23)7-8-15(24)20(18)26(16)11-12-3-5-13(6-4-12)21(28)25-29/h3-8,29H,9-11H2,1-2H3,(H,25,28). The van der Waals surface area contributed by atoms with E-state index in [2.05, 4.69) is 18.4 Å². The minimum Gasteiger partial charge on any atom is -0.338 e. The van der Waals surface area contributed by atoms with Crippen LogP contribution < -0.4 is 5.48 Å². The number of rotatable bonds is 3. The van der Waals surface area contributed by atoms with E-state index in [1.165, 1.54) is 0 Å². The Hall–Kier alpha value is -2.34. The second kappa shape index (κ2) is 7.17. The molecule has 0 saturated carbocycles. The maximum Gasteiger partial charge on any atom is 0.274 e. The van der Waals surface area contributed by atoms with Gasteiger partial charge in [0.05, 0.1) is 15.6 Å². The minimum absolute atomic E-state index is 0.0825. The van der Waals surface area contributed by atoms with Crippen LogP contribution in [0.5, 0.6) is 0 Å². The average molecular weight is 431 g/mol. The highest BCUT2D eigenvalue weighted by atomic mass is 35.5. The SMILES string of the molecule is CC1(C)CC(=O)c2c(n(Cc3ccc(C(=O)NO)cc3)c3c(Cl)ccc(Cl)c23)C1. The molecule has 5 nitrogen and oxygen atoms in total. The third-order valence-electron chi connectivity index (χ3n) is 5.43. The molecule has 2 N–H and O–H groups in total. The number of ketones is 1. The van der Waals surface area contributed by atoms with Gasteiger partial charge >= 0.3 is 0 Å². The van der Waals surface area contributed by atoms with Gasteiger partial charge in [-0.3, -0.25) is 14.8 Å². The summed E-state index contributed by atoms with van der Waals surface area (Å²) in [6.07, 6.45) is 1.20. The Kier molecular flexibility index (Phi) is 4.93. The summed E-state index contributed by atoms with van der Waals surface area (Å²) < 4.78 is 2.07. The highest BCUT2D eigenvalue weighted by Crippen LogP contribution is 2.44. The van der Waals surface area contributed by atoms with Crippen LogP contribution >= 0.6 is 23.2 Å². The summed E-state index contributed by atoms with van der Waals surface area (Å²) in [7, 11) is 0. The van der Waals surface area contributed by atoms with Crippen LogP contribution in [0.25, 0.3) is 10.9 Å². The Balaban J connectivity index is 1.89. The molecule has 2 aromatic carbocycles. The van der Waals surface area contributed by atoms with Gasteiger partial charge in [-0.1, -0.05) is 49.2 Å². The highest BCUT2D eigenvalue weighted by molar-refractivity contribution is 6.41. The molecule has 1 aromatic heterocycles. The maximum absolute atomic E-state index is 13.0. The number of hydrogen-bond acceptors (Lipinski definition) is 3. The number of Topliss-reactive ketones (excluding diaryl/α,β-unsaturated/α-hetero) is 1. The van der Waals surface area contributed by atoms with Gasteiger partial charge in [0.25, 0.3) is 5.91 Å². The van der Waals surface area contributed by atoms with Crippen molar-refractivity contribution in [2.75, 3.05) is 0 Å². The second-order valence-electron chi connectivity index (χ2n) is 8.24. The molecule has 29 heavy (non-hydrogen) atoms. The Labute approximate surface area is 178 Å². The summed E-state index contributed by atoms with van der Waals surface area (Å²) in [5, 5.41) is 10.6. The van der Waals surface area contributed by atoms with Crippen molar-refractivity contribution in [3.8, 4) is 0 Å². The zero-order valence-corrected chi connectivity index (χ0v) is 17.6. The number of aromatic nitrogens is 1. The van der Waals surface area contributed by atoms with Crippen LogP contribution in [0.4, 0.5) is 0 Å². The van der Waals surface area contributed by atoms with Crippen LogP contribution in [0, 0.1) is 5.41 Å². The van der Waals surface area contributed by atoms with Crippen LogP contribution in [0.3, 0.4) is 0 Å². The number of amides is 1. The number of hydroxylamine groups is 1. The van der Waals surface area contributed by atoms with Gasteiger partial charge in [0.1, 0.15) is 0 Å². The van der Waals surface area contributed by atoms with E-state index in [1.807, 2.05) is 12.1 Å². The summed E-state index contributed by atoms with van der Waals surface area (Å²) in [4.78, 5) is 24.6. The summed E-state index contributed by atoms with van der Waals surface area (Å²) in [5.74, 6) is -0.485. The lowest BCUT2D eigenvalue weighted by Gasteiger charge is -2.30. The molecule has 3 aromatic rings. The molecule has 150 valence electrons. The number of halogens is 2. The van der Waals surface area contributed by atoms with Gasteiger partial charge in [0.15, 0.2) is 5.78 Å². The number of carbonyl (C=O) groups excluding carboxylic acids is 2. The number of nitrogens with zero attached hydrogens (tertiary/aromatic N) is 1. The third-order valence-corrected chi connectivity index (χ3v) is 6.05. The van der Waals surface area contributed by atoms with Gasteiger partial charge in [-0.05, 0) is 41.7 Å². The molecule has 0 aliphatic heterocycles. The lowest BCUT2D eigenvalue weighted by molar-refractivity contribution is 0.0706. The van der Waals surface area contributed by atoms with Crippen LogP contribution in [0.15, 0.2) is 36.4 Å². The Morgan fingerprint density at radius 1 is 1.10 bits per heavy atom. The van der Waals surface area contributed by atoms with E-state index in [1.54, 1.807) is 29.7 Å². The fourth-order valence-electron chi connectivity index (χ4n) is 4.16. The molecule has 0 atom stereocenters. The van der Waals surface area contributed by atoms with Gasteiger partial charge < -0.3 is 4.57 Å². The molecule has 1 aliphatic rings. The third kappa shape index (κ3) is 3.44. The molecule has 7 heteroatoms. The van der Waals surface area contributed by atoms with Crippen molar-refractivity contribution in [1.29, 1.82) is 0 Å². The van der Waals surface area contributed by atoms with Crippen molar-refractivity contribution in [1.82, 2.24) is 10.0 Å². The van der Waals surface area contributed by atoms with Crippen LogP contribution in [0.1, 0.15) is 52.2 Å². The van der Waals surface area contributed by atoms with Crippen molar-refractivity contribution in [2.45, 2.75) is 33.2 Å². The van der Waals surface area contributed by atoms with Gasteiger partial charge in [-0.25, -0.2) is 5.48 Å². The number of nitrogens with one attached hydrogen (secondary N) is 1. The van der Waals surface area contributed by atoms with Crippen molar-refractivity contribution in [2.24, 2.45) is 5.41 Å². The molecule has 1 heterocycles. The van der Waals surface area contributed by atoms with E-state index in [-0.39, 0.29) is 11.2 Å². The minimum atomic E-state index is -0.567. The summed E-state index contributed by atoms with van der Waals surface area (Å²) in [6, 6.07) is 10.4. The molecule has 0 radical (unpaired) electrons. The zero-order chi connectivity index (χ0) is 20.9. The van der Waals surface area contributed by atoms with Crippen molar-refractivity contribution in [3.05, 3.63) is 68.8 Å². The van der Waals surface area contributed by atoms with Gasteiger partial charge in [0.2, 0.25) is 0 Å². The van der Waals surface area contributed by atoms with Crippen LogP contribution in [-0.4, -0.2) is 21.5 Å². The molecule has 0 saturated heterocycles. The highest BCUT2D eigenvalue weighted by Gasteiger charge is 2.36. The van der Waals surface area contributed by atoms with Crippen LogP contribution in [-0.2, 0) is 13.0 Å². The smallest absolute Gasteiger partial charge is 0.274 e. The summed E-state index contributed by atoms with van der Waals surface area (Å²) in [6.45, 7) is 4.65. The van der Waals surface area contributed by atoms with E-state index in [0.29, 0.717) is 39.5 Å². The van der Waals surface area contributed by atoms with Crippen molar-refractivity contribution in [3.63, 3.8) is 0 Å². The first kappa shape index (κ1) is 20.0. The van der Waals surface area contributed by atoms with Crippen molar-refractivity contribution >= 4 is 45.8 Å². The van der Waals surface area contributed by atoms with E-state index >= 15 is 0 Å². The molecule has 4 rings (SSSR count). The van der Waals surface area contributed by atoms with E-state index < -0.39 is 5.91 Å². The van der Waals surface area contributed by atoms with Gasteiger partial charge in [0, 0.05) is 35.2 Å². The first-order valence-corrected chi connectivity index (χ1v) is 10.0. The van der Waals surface area contributed by atoms with Gasteiger partial charge in [-0.15, -0.1) is 0 Å². The number of carbonyl (C=O) groups is 2. The monoisotopic (exact) mass is 430 g/mol. The van der Waals surface area contributed by atoms with E-state index in [9.17, 15) is 9.59 Å². The average Bonchev–Trinajstić information content (AvgIpc) is 2.99. The molecular formula is C22H20Cl2N2O3. The Bertz CT molecular complexity index is 1150. The largest absolute Gasteiger partial charge is 0.338 e. The molecule has 1 amide bonds.